The molecule has 1 atom stereocenters. The van der Waals surface area contributed by atoms with Crippen LogP contribution in [-0.4, -0.2) is 39.7 Å². The SMILES string of the molecule is CCC(C)(C)C(=O)C(=O)N1CCC[C@@]1(C)C(=O)O. The molecule has 1 aliphatic heterocycles. The van der Waals surface area contributed by atoms with E-state index >= 15 is 0 Å². The minimum atomic E-state index is -1.24. The highest BCUT2D eigenvalue weighted by molar-refractivity contribution is 6.38. The van der Waals surface area contributed by atoms with Crippen molar-refractivity contribution >= 4 is 17.7 Å². The smallest absolute Gasteiger partial charge is 0.329 e. The molecule has 0 aromatic rings. The van der Waals surface area contributed by atoms with Crippen LogP contribution in [0.5, 0.6) is 0 Å². The molecule has 0 aliphatic carbocycles. The number of carboxylic acid groups (broad SMARTS) is 1. The molecule has 0 aromatic heterocycles. The Morgan fingerprint density at radius 3 is 2.33 bits per heavy atom. The Morgan fingerprint density at radius 2 is 1.89 bits per heavy atom. The third kappa shape index (κ3) is 2.26. The normalized spacial score (nSPS) is 24.1. The lowest BCUT2D eigenvalue weighted by Gasteiger charge is -2.32. The van der Waals surface area contributed by atoms with Gasteiger partial charge in [0.15, 0.2) is 0 Å². The molecule has 1 aliphatic rings. The van der Waals surface area contributed by atoms with Crippen LogP contribution in [0, 0.1) is 5.41 Å². The van der Waals surface area contributed by atoms with Gasteiger partial charge in [-0.25, -0.2) is 4.79 Å². The number of Topliss-reactive ketones (excluding diaryl/α,β-unsaturated/α-hetero) is 1. The summed E-state index contributed by atoms with van der Waals surface area (Å²) >= 11 is 0. The predicted octanol–water partition coefficient (Wildman–Crippen LogP) is 1.46. The van der Waals surface area contributed by atoms with Crippen LogP contribution < -0.4 is 0 Å². The molecule has 0 aromatic carbocycles. The summed E-state index contributed by atoms with van der Waals surface area (Å²) in [7, 11) is 0. The Labute approximate surface area is 107 Å². The number of aliphatic carboxylic acids is 1. The molecule has 0 bridgehead atoms. The molecule has 1 heterocycles. The predicted molar refractivity (Wildman–Crippen MR) is 66.1 cm³/mol. The summed E-state index contributed by atoms with van der Waals surface area (Å²) in [4.78, 5) is 36.8. The van der Waals surface area contributed by atoms with Crippen molar-refractivity contribution in [3.05, 3.63) is 0 Å². The molecule has 1 saturated heterocycles. The Balaban J connectivity index is 2.98. The number of likely N-dealkylation sites (tertiary alicyclic amines) is 1. The van der Waals surface area contributed by atoms with Crippen LogP contribution >= 0.6 is 0 Å². The summed E-state index contributed by atoms with van der Waals surface area (Å²) in [6.45, 7) is 7.11. The molecule has 0 radical (unpaired) electrons. The lowest BCUT2D eigenvalue weighted by molar-refractivity contribution is -0.160. The summed E-state index contributed by atoms with van der Waals surface area (Å²) in [5, 5.41) is 9.23. The zero-order valence-electron chi connectivity index (χ0n) is 11.4. The maximum Gasteiger partial charge on any atom is 0.329 e. The first-order valence-corrected chi connectivity index (χ1v) is 6.26. The van der Waals surface area contributed by atoms with E-state index in [1.165, 1.54) is 11.8 Å². The first-order valence-electron chi connectivity index (χ1n) is 6.26. The third-order valence-corrected chi connectivity index (χ3v) is 4.04. The molecule has 5 nitrogen and oxygen atoms in total. The maximum absolute atomic E-state index is 12.2. The number of carbonyl (C=O) groups excluding carboxylic acids is 2. The molecule has 0 saturated carbocycles. The Kier molecular flexibility index (Phi) is 3.84. The van der Waals surface area contributed by atoms with Gasteiger partial charge in [0.25, 0.3) is 5.91 Å². The minimum Gasteiger partial charge on any atom is -0.480 e. The van der Waals surface area contributed by atoms with E-state index in [-0.39, 0.29) is 0 Å². The largest absolute Gasteiger partial charge is 0.480 e. The number of ketones is 1. The van der Waals surface area contributed by atoms with E-state index < -0.39 is 28.6 Å². The number of hydrogen-bond donors (Lipinski definition) is 1. The van der Waals surface area contributed by atoms with Crippen LogP contribution in [0.4, 0.5) is 0 Å². The molecule has 102 valence electrons. The topological polar surface area (TPSA) is 74.7 Å². The highest BCUT2D eigenvalue weighted by atomic mass is 16.4. The van der Waals surface area contributed by atoms with Crippen molar-refractivity contribution in [3.63, 3.8) is 0 Å². The molecular weight excluding hydrogens is 234 g/mol. The molecular formula is C13H21NO4. The lowest BCUT2D eigenvalue weighted by atomic mass is 9.84. The number of amides is 1. The Hall–Kier alpha value is -1.39. The zero-order valence-corrected chi connectivity index (χ0v) is 11.4. The molecule has 0 spiro atoms. The molecule has 0 unspecified atom stereocenters. The van der Waals surface area contributed by atoms with Gasteiger partial charge in [-0.2, -0.15) is 0 Å². The molecule has 1 N–H and O–H groups in total. The van der Waals surface area contributed by atoms with Crippen molar-refractivity contribution in [2.75, 3.05) is 6.54 Å². The summed E-state index contributed by atoms with van der Waals surface area (Å²) in [5.41, 5.74) is -1.98. The fourth-order valence-electron chi connectivity index (χ4n) is 2.08. The third-order valence-electron chi connectivity index (χ3n) is 4.04. The quantitative estimate of drug-likeness (QED) is 0.772. The van der Waals surface area contributed by atoms with Crippen molar-refractivity contribution < 1.29 is 19.5 Å². The summed E-state index contributed by atoms with van der Waals surface area (Å²) in [5.74, 6) is -2.21. The van der Waals surface area contributed by atoms with E-state index in [0.717, 1.165) is 0 Å². The van der Waals surface area contributed by atoms with Crippen molar-refractivity contribution in [3.8, 4) is 0 Å². The highest BCUT2D eigenvalue weighted by Gasteiger charge is 2.49. The summed E-state index contributed by atoms with van der Waals surface area (Å²) in [6.07, 6.45) is 1.57. The number of hydrogen-bond acceptors (Lipinski definition) is 3. The van der Waals surface area contributed by atoms with Crippen LogP contribution in [-0.2, 0) is 14.4 Å². The van der Waals surface area contributed by atoms with Crippen molar-refractivity contribution in [1.82, 2.24) is 4.90 Å². The molecule has 1 amide bonds. The molecule has 1 rings (SSSR count). The fourth-order valence-corrected chi connectivity index (χ4v) is 2.08. The summed E-state index contributed by atoms with van der Waals surface area (Å²) < 4.78 is 0. The van der Waals surface area contributed by atoms with Gasteiger partial charge < -0.3 is 10.0 Å². The number of carbonyl (C=O) groups is 3. The van der Waals surface area contributed by atoms with E-state index in [9.17, 15) is 19.5 Å². The van der Waals surface area contributed by atoms with Crippen LogP contribution in [0.15, 0.2) is 0 Å². The molecule has 5 heteroatoms. The highest BCUT2D eigenvalue weighted by Crippen LogP contribution is 2.31. The number of nitrogens with zero attached hydrogens (tertiary/aromatic N) is 1. The van der Waals surface area contributed by atoms with E-state index in [4.69, 9.17) is 0 Å². The molecule has 18 heavy (non-hydrogen) atoms. The molecule has 1 fully saturated rings. The first-order chi connectivity index (χ1) is 8.16. The van der Waals surface area contributed by atoms with Gasteiger partial charge in [-0.15, -0.1) is 0 Å². The van der Waals surface area contributed by atoms with Gasteiger partial charge in [0, 0.05) is 12.0 Å². The van der Waals surface area contributed by atoms with Crippen LogP contribution in [0.1, 0.15) is 47.0 Å². The van der Waals surface area contributed by atoms with Gasteiger partial charge in [-0.05, 0) is 26.2 Å². The lowest BCUT2D eigenvalue weighted by Crippen LogP contribution is -2.54. The Morgan fingerprint density at radius 1 is 1.33 bits per heavy atom. The zero-order chi connectivity index (χ0) is 14.1. The number of carboxylic acids is 1. The second-order valence-corrected chi connectivity index (χ2v) is 5.71. The van der Waals surface area contributed by atoms with Crippen LogP contribution in [0.2, 0.25) is 0 Å². The van der Waals surface area contributed by atoms with E-state index in [1.54, 1.807) is 13.8 Å². The fraction of sp³-hybridized carbons (Fsp3) is 0.769. The standard InChI is InChI=1S/C13H21NO4/c1-5-12(2,3)9(15)10(16)14-8-6-7-13(14,4)11(17)18/h5-8H2,1-4H3,(H,17,18)/t13-/m0/s1. The van der Waals surface area contributed by atoms with E-state index in [0.29, 0.717) is 25.8 Å². The average Bonchev–Trinajstić information content (AvgIpc) is 2.70. The van der Waals surface area contributed by atoms with Crippen molar-refractivity contribution in [2.45, 2.75) is 52.5 Å². The van der Waals surface area contributed by atoms with Crippen LogP contribution in [0.25, 0.3) is 0 Å². The van der Waals surface area contributed by atoms with Gasteiger partial charge in [-0.1, -0.05) is 20.8 Å². The van der Waals surface area contributed by atoms with Crippen molar-refractivity contribution in [1.29, 1.82) is 0 Å². The first kappa shape index (κ1) is 14.7. The van der Waals surface area contributed by atoms with E-state index in [1.807, 2.05) is 6.92 Å². The van der Waals surface area contributed by atoms with Gasteiger partial charge in [-0.3, -0.25) is 9.59 Å². The minimum absolute atomic E-state index is 0.340. The van der Waals surface area contributed by atoms with E-state index in [2.05, 4.69) is 0 Å². The van der Waals surface area contributed by atoms with Gasteiger partial charge >= 0.3 is 5.97 Å². The maximum atomic E-state index is 12.2. The average molecular weight is 255 g/mol. The monoisotopic (exact) mass is 255 g/mol. The Bertz CT molecular complexity index is 388. The van der Waals surface area contributed by atoms with Crippen LogP contribution in [0.3, 0.4) is 0 Å². The van der Waals surface area contributed by atoms with Gasteiger partial charge in [0.05, 0.1) is 0 Å². The van der Waals surface area contributed by atoms with Crippen molar-refractivity contribution in [2.24, 2.45) is 5.41 Å². The second kappa shape index (κ2) is 4.71. The summed E-state index contributed by atoms with van der Waals surface area (Å²) in [6, 6.07) is 0. The van der Waals surface area contributed by atoms with Gasteiger partial charge in [0.1, 0.15) is 5.54 Å². The van der Waals surface area contributed by atoms with Gasteiger partial charge in [0.2, 0.25) is 5.78 Å². The second-order valence-electron chi connectivity index (χ2n) is 5.71. The number of rotatable bonds is 4.